The standard InChI is InChI=1S/C16H16F3N5O3/c17-16(18,19)12-3-4-24(21-12)10-14(25)23-7-5-22(6-8-23)13-2-1-11(9-20-13)15(26)27/h1-4,9H,5-8,10H2,(H,26,27). The minimum atomic E-state index is -4.54. The molecule has 1 aliphatic heterocycles. The van der Waals surface area contributed by atoms with Crippen molar-refractivity contribution in [1.82, 2.24) is 19.7 Å². The molecule has 0 atom stereocenters. The van der Waals surface area contributed by atoms with Gasteiger partial charge in [-0.15, -0.1) is 0 Å². The Bertz CT molecular complexity index is 827. The molecule has 27 heavy (non-hydrogen) atoms. The third kappa shape index (κ3) is 4.36. The Morgan fingerprint density at radius 1 is 1.11 bits per heavy atom. The topological polar surface area (TPSA) is 91.6 Å². The molecule has 1 amide bonds. The summed E-state index contributed by atoms with van der Waals surface area (Å²) in [6.07, 6.45) is -2.14. The normalized spacial score (nSPS) is 15.1. The molecule has 0 aliphatic carbocycles. The first-order valence-electron chi connectivity index (χ1n) is 8.07. The van der Waals surface area contributed by atoms with Crippen LogP contribution in [0.2, 0.25) is 0 Å². The van der Waals surface area contributed by atoms with Crippen LogP contribution in [0.5, 0.6) is 0 Å². The molecule has 2 aromatic heterocycles. The van der Waals surface area contributed by atoms with Gasteiger partial charge >= 0.3 is 12.1 Å². The first-order chi connectivity index (χ1) is 12.7. The third-order valence-electron chi connectivity index (χ3n) is 4.18. The van der Waals surface area contributed by atoms with E-state index in [1.165, 1.54) is 12.3 Å². The van der Waals surface area contributed by atoms with Crippen LogP contribution in [0.3, 0.4) is 0 Å². The predicted octanol–water partition coefficient (Wildman–Crippen LogP) is 1.34. The number of nitrogens with zero attached hydrogens (tertiary/aromatic N) is 5. The largest absolute Gasteiger partial charge is 0.478 e. The lowest BCUT2D eigenvalue weighted by molar-refractivity contribution is -0.142. The highest BCUT2D eigenvalue weighted by molar-refractivity contribution is 5.87. The second-order valence-corrected chi connectivity index (χ2v) is 5.97. The number of halogens is 3. The van der Waals surface area contributed by atoms with Crippen molar-refractivity contribution in [2.45, 2.75) is 12.7 Å². The number of aromatic nitrogens is 3. The molecule has 1 N–H and O–H groups in total. The maximum Gasteiger partial charge on any atom is 0.435 e. The van der Waals surface area contributed by atoms with E-state index in [0.29, 0.717) is 32.0 Å². The summed E-state index contributed by atoms with van der Waals surface area (Å²) >= 11 is 0. The summed E-state index contributed by atoms with van der Waals surface area (Å²) in [6.45, 7) is 1.47. The Balaban J connectivity index is 1.54. The van der Waals surface area contributed by atoms with Crippen molar-refractivity contribution in [3.05, 3.63) is 41.9 Å². The highest BCUT2D eigenvalue weighted by Crippen LogP contribution is 2.27. The van der Waals surface area contributed by atoms with Crippen LogP contribution in [0.4, 0.5) is 19.0 Å². The van der Waals surface area contributed by atoms with E-state index in [1.807, 2.05) is 4.90 Å². The number of carboxylic acid groups (broad SMARTS) is 1. The summed E-state index contributed by atoms with van der Waals surface area (Å²) in [6, 6.07) is 3.89. The van der Waals surface area contributed by atoms with Gasteiger partial charge in [0.1, 0.15) is 12.4 Å². The zero-order valence-corrected chi connectivity index (χ0v) is 14.1. The van der Waals surface area contributed by atoms with Gasteiger partial charge in [0, 0.05) is 38.6 Å². The molecule has 1 aliphatic rings. The lowest BCUT2D eigenvalue weighted by Gasteiger charge is -2.35. The fourth-order valence-electron chi connectivity index (χ4n) is 2.72. The van der Waals surface area contributed by atoms with E-state index in [4.69, 9.17) is 5.11 Å². The van der Waals surface area contributed by atoms with Gasteiger partial charge in [-0.3, -0.25) is 9.48 Å². The summed E-state index contributed by atoms with van der Waals surface area (Å²) in [5.74, 6) is -0.772. The SMILES string of the molecule is O=C(O)c1ccc(N2CCN(C(=O)Cn3ccc(C(F)(F)F)n3)CC2)nc1. The van der Waals surface area contributed by atoms with Crippen molar-refractivity contribution < 1.29 is 27.9 Å². The van der Waals surface area contributed by atoms with Gasteiger partial charge in [-0.1, -0.05) is 0 Å². The van der Waals surface area contributed by atoms with Crippen molar-refractivity contribution in [2.24, 2.45) is 0 Å². The van der Waals surface area contributed by atoms with Gasteiger partial charge in [-0.2, -0.15) is 18.3 Å². The van der Waals surface area contributed by atoms with Gasteiger partial charge in [-0.25, -0.2) is 9.78 Å². The van der Waals surface area contributed by atoms with Gasteiger partial charge < -0.3 is 14.9 Å². The summed E-state index contributed by atoms with van der Waals surface area (Å²) in [7, 11) is 0. The van der Waals surface area contributed by atoms with Crippen LogP contribution >= 0.6 is 0 Å². The number of carbonyl (C=O) groups is 2. The first-order valence-corrected chi connectivity index (χ1v) is 8.07. The van der Waals surface area contributed by atoms with Gasteiger partial charge in [0.25, 0.3) is 0 Å². The summed E-state index contributed by atoms with van der Waals surface area (Å²) in [5, 5.41) is 12.3. The Kier molecular flexibility index (Phi) is 5.02. The van der Waals surface area contributed by atoms with E-state index in [1.54, 1.807) is 11.0 Å². The molecule has 1 fully saturated rings. The van der Waals surface area contributed by atoms with Crippen LogP contribution in [0.1, 0.15) is 16.1 Å². The molecule has 1 saturated heterocycles. The van der Waals surface area contributed by atoms with Gasteiger partial charge in [0.05, 0.1) is 5.56 Å². The summed E-state index contributed by atoms with van der Waals surface area (Å²) < 4.78 is 38.6. The minimum Gasteiger partial charge on any atom is -0.478 e. The van der Waals surface area contributed by atoms with Crippen molar-refractivity contribution in [3.63, 3.8) is 0 Å². The van der Waals surface area contributed by atoms with Crippen LogP contribution in [0.25, 0.3) is 0 Å². The van der Waals surface area contributed by atoms with Gasteiger partial charge in [-0.05, 0) is 18.2 Å². The molecule has 2 aromatic rings. The predicted molar refractivity (Wildman–Crippen MR) is 87.2 cm³/mol. The molecular weight excluding hydrogens is 367 g/mol. The van der Waals surface area contributed by atoms with E-state index < -0.39 is 17.8 Å². The highest BCUT2D eigenvalue weighted by Gasteiger charge is 2.33. The minimum absolute atomic E-state index is 0.0880. The maximum absolute atomic E-state index is 12.6. The summed E-state index contributed by atoms with van der Waals surface area (Å²) in [4.78, 5) is 30.7. The fraction of sp³-hybridized carbons (Fsp3) is 0.375. The van der Waals surface area contributed by atoms with Crippen LogP contribution in [-0.2, 0) is 17.5 Å². The highest BCUT2D eigenvalue weighted by atomic mass is 19.4. The quantitative estimate of drug-likeness (QED) is 0.857. The van der Waals surface area contributed by atoms with Crippen molar-refractivity contribution >= 4 is 17.7 Å². The number of piperazine rings is 1. The Morgan fingerprint density at radius 2 is 1.81 bits per heavy atom. The average Bonchev–Trinajstić information content (AvgIpc) is 3.11. The molecule has 3 rings (SSSR count). The number of carbonyl (C=O) groups excluding carboxylic acids is 1. The van der Waals surface area contributed by atoms with Crippen molar-refractivity contribution in [2.75, 3.05) is 31.1 Å². The van der Waals surface area contributed by atoms with Crippen LogP contribution in [0.15, 0.2) is 30.6 Å². The first kappa shape index (κ1) is 18.7. The smallest absolute Gasteiger partial charge is 0.435 e. The zero-order chi connectivity index (χ0) is 19.6. The van der Waals surface area contributed by atoms with Gasteiger partial charge in [0.2, 0.25) is 5.91 Å². The Hall–Kier alpha value is -3.11. The third-order valence-corrected chi connectivity index (χ3v) is 4.18. The second kappa shape index (κ2) is 7.25. The van der Waals surface area contributed by atoms with E-state index in [0.717, 1.165) is 16.9 Å². The fourth-order valence-corrected chi connectivity index (χ4v) is 2.72. The van der Waals surface area contributed by atoms with E-state index >= 15 is 0 Å². The molecule has 0 radical (unpaired) electrons. The monoisotopic (exact) mass is 383 g/mol. The van der Waals surface area contributed by atoms with Crippen LogP contribution in [0, 0.1) is 0 Å². The van der Waals surface area contributed by atoms with Crippen molar-refractivity contribution in [1.29, 1.82) is 0 Å². The molecule has 3 heterocycles. The van der Waals surface area contributed by atoms with Crippen LogP contribution in [-0.4, -0.2) is 62.8 Å². The molecule has 0 unspecified atom stereocenters. The Labute approximate surface area is 151 Å². The van der Waals surface area contributed by atoms with Crippen molar-refractivity contribution in [3.8, 4) is 0 Å². The molecule has 0 spiro atoms. The van der Waals surface area contributed by atoms with Gasteiger partial charge in [0.15, 0.2) is 5.69 Å². The number of rotatable bonds is 4. The molecule has 11 heteroatoms. The molecule has 144 valence electrons. The lowest BCUT2D eigenvalue weighted by atomic mass is 10.2. The molecule has 0 aromatic carbocycles. The number of hydrogen-bond donors (Lipinski definition) is 1. The Morgan fingerprint density at radius 3 is 2.33 bits per heavy atom. The number of carboxylic acids is 1. The number of pyridine rings is 1. The zero-order valence-electron chi connectivity index (χ0n) is 14.1. The molecule has 8 nitrogen and oxygen atoms in total. The van der Waals surface area contributed by atoms with E-state index in [9.17, 15) is 22.8 Å². The number of aromatic carboxylic acids is 1. The van der Waals surface area contributed by atoms with E-state index in [-0.39, 0.29) is 18.0 Å². The number of amides is 1. The lowest BCUT2D eigenvalue weighted by Crippen LogP contribution is -2.49. The number of alkyl halides is 3. The second-order valence-electron chi connectivity index (χ2n) is 5.97. The molecule has 0 bridgehead atoms. The summed E-state index contributed by atoms with van der Waals surface area (Å²) in [5.41, 5.74) is -0.944. The molecule has 0 saturated carbocycles. The molecular formula is C16H16F3N5O3. The van der Waals surface area contributed by atoms with E-state index in [2.05, 4.69) is 10.1 Å². The van der Waals surface area contributed by atoms with Crippen LogP contribution < -0.4 is 4.90 Å². The maximum atomic E-state index is 12.6. The number of anilines is 1. The average molecular weight is 383 g/mol. The number of hydrogen-bond acceptors (Lipinski definition) is 5.